The molecule has 0 saturated carbocycles. The highest BCUT2D eigenvalue weighted by molar-refractivity contribution is 5.95. The maximum absolute atomic E-state index is 10.5. The number of carboxylic acid groups (broad SMARTS) is 1. The standard InChI is InChI=1S/C7H6N2O3/c10-6-3-1-4(7(11)12)9-5(3)2-8-6/h1-2,8-10H,(H,11,12). The molecule has 2 aromatic rings. The zero-order chi connectivity index (χ0) is 8.72. The molecule has 0 radical (unpaired) electrons. The zero-order valence-electron chi connectivity index (χ0n) is 5.96. The largest absolute Gasteiger partial charge is 0.494 e. The molecule has 0 aliphatic carbocycles. The minimum atomic E-state index is -1.04. The van der Waals surface area contributed by atoms with Crippen molar-refractivity contribution in [1.82, 2.24) is 9.97 Å². The van der Waals surface area contributed by atoms with Crippen molar-refractivity contribution in [1.29, 1.82) is 0 Å². The van der Waals surface area contributed by atoms with Gasteiger partial charge in [0.1, 0.15) is 5.69 Å². The van der Waals surface area contributed by atoms with Crippen LogP contribution in [0.2, 0.25) is 0 Å². The van der Waals surface area contributed by atoms with Gasteiger partial charge in [-0.1, -0.05) is 0 Å². The smallest absolute Gasteiger partial charge is 0.352 e. The highest BCUT2D eigenvalue weighted by Crippen LogP contribution is 2.23. The van der Waals surface area contributed by atoms with Gasteiger partial charge in [0.2, 0.25) is 0 Å². The summed E-state index contributed by atoms with van der Waals surface area (Å²) in [4.78, 5) is 15.6. The van der Waals surface area contributed by atoms with Crippen molar-refractivity contribution in [3.63, 3.8) is 0 Å². The van der Waals surface area contributed by atoms with E-state index < -0.39 is 5.97 Å². The third kappa shape index (κ3) is 0.763. The molecule has 0 spiro atoms. The van der Waals surface area contributed by atoms with E-state index in [9.17, 15) is 4.79 Å². The number of hydrogen-bond donors (Lipinski definition) is 4. The Morgan fingerprint density at radius 3 is 2.83 bits per heavy atom. The van der Waals surface area contributed by atoms with E-state index in [1.165, 1.54) is 12.3 Å². The molecule has 0 atom stereocenters. The van der Waals surface area contributed by atoms with Crippen LogP contribution in [0.4, 0.5) is 0 Å². The molecule has 0 aromatic carbocycles. The first kappa shape index (κ1) is 6.78. The van der Waals surface area contributed by atoms with Crippen LogP contribution in [0.15, 0.2) is 12.3 Å². The summed E-state index contributed by atoms with van der Waals surface area (Å²) in [5, 5.41) is 18.2. The molecule has 0 fully saturated rings. The highest BCUT2D eigenvalue weighted by Gasteiger charge is 2.10. The third-order valence-electron chi connectivity index (χ3n) is 1.69. The second-order valence-electron chi connectivity index (χ2n) is 2.45. The molecule has 12 heavy (non-hydrogen) atoms. The summed E-state index contributed by atoms with van der Waals surface area (Å²) in [7, 11) is 0. The Hall–Kier alpha value is -1.91. The number of aromatic carboxylic acids is 1. The lowest BCUT2D eigenvalue weighted by atomic mass is 10.3. The first-order valence-corrected chi connectivity index (χ1v) is 3.31. The molecule has 0 bridgehead atoms. The lowest BCUT2D eigenvalue weighted by molar-refractivity contribution is 0.0691. The van der Waals surface area contributed by atoms with Gasteiger partial charge in [-0.2, -0.15) is 0 Å². The van der Waals surface area contributed by atoms with Gasteiger partial charge in [-0.05, 0) is 6.07 Å². The molecule has 0 aliphatic heterocycles. The summed E-state index contributed by atoms with van der Waals surface area (Å²) in [6, 6.07) is 1.38. The Morgan fingerprint density at radius 1 is 1.50 bits per heavy atom. The molecule has 5 nitrogen and oxygen atoms in total. The number of carbonyl (C=O) groups is 1. The number of fused-ring (bicyclic) bond motifs is 1. The summed E-state index contributed by atoms with van der Waals surface area (Å²) in [6.45, 7) is 0. The summed E-state index contributed by atoms with van der Waals surface area (Å²) < 4.78 is 0. The first-order valence-electron chi connectivity index (χ1n) is 3.31. The van der Waals surface area contributed by atoms with Gasteiger partial charge in [0.05, 0.1) is 10.9 Å². The minimum absolute atomic E-state index is 0.0197. The monoisotopic (exact) mass is 166 g/mol. The first-order chi connectivity index (χ1) is 5.68. The van der Waals surface area contributed by atoms with Gasteiger partial charge in [-0.3, -0.25) is 0 Å². The van der Waals surface area contributed by atoms with E-state index >= 15 is 0 Å². The summed E-state index contributed by atoms with van der Waals surface area (Å²) in [5.41, 5.74) is 0.661. The summed E-state index contributed by atoms with van der Waals surface area (Å²) >= 11 is 0. The lowest BCUT2D eigenvalue weighted by Gasteiger charge is -1.83. The Kier molecular flexibility index (Phi) is 1.15. The second kappa shape index (κ2) is 2.04. The molecular formula is C7H6N2O3. The predicted molar refractivity (Wildman–Crippen MR) is 41.3 cm³/mol. The third-order valence-corrected chi connectivity index (χ3v) is 1.69. The highest BCUT2D eigenvalue weighted by atomic mass is 16.4. The second-order valence-corrected chi connectivity index (χ2v) is 2.45. The number of hydrogen-bond acceptors (Lipinski definition) is 2. The van der Waals surface area contributed by atoms with Crippen LogP contribution in [0.5, 0.6) is 5.88 Å². The fourth-order valence-electron chi connectivity index (χ4n) is 1.11. The van der Waals surface area contributed by atoms with E-state index in [4.69, 9.17) is 10.2 Å². The number of rotatable bonds is 1. The van der Waals surface area contributed by atoms with Gasteiger partial charge >= 0.3 is 5.97 Å². The molecule has 2 rings (SSSR count). The van der Waals surface area contributed by atoms with Crippen LogP contribution < -0.4 is 0 Å². The summed E-state index contributed by atoms with van der Waals surface area (Å²) in [5.74, 6) is -1.06. The Balaban J connectivity index is 2.70. The van der Waals surface area contributed by atoms with E-state index in [2.05, 4.69) is 9.97 Å². The Morgan fingerprint density at radius 2 is 2.25 bits per heavy atom. The summed E-state index contributed by atoms with van der Waals surface area (Å²) in [6.07, 6.45) is 1.51. The quantitative estimate of drug-likeness (QED) is 0.507. The number of nitrogens with one attached hydrogen (secondary N) is 2. The van der Waals surface area contributed by atoms with Crippen LogP contribution in [0, 0.1) is 0 Å². The van der Waals surface area contributed by atoms with Crippen molar-refractivity contribution < 1.29 is 15.0 Å². The van der Waals surface area contributed by atoms with Crippen molar-refractivity contribution >= 4 is 16.9 Å². The van der Waals surface area contributed by atoms with Gasteiger partial charge in [-0.25, -0.2) is 4.79 Å². The fraction of sp³-hybridized carbons (Fsp3) is 0. The van der Waals surface area contributed by atoms with E-state index in [0.29, 0.717) is 10.9 Å². The van der Waals surface area contributed by atoms with E-state index in [1.807, 2.05) is 0 Å². The van der Waals surface area contributed by atoms with Crippen LogP contribution in [-0.2, 0) is 0 Å². The molecule has 0 unspecified atom stereocenters. The maximum atomic E-state index is 10.5. The van der Waals surface area contributed by atoms with Crippen LogP contribution >= 0.6 is 0 Å². The van der Waals surface area contributed by atoms with Crippen molar-refractivity contribution in [3.05, 3.63) is 18.0 Å². The Labute approximate surface area is 66.6 Å². The molecule has 0 saturated heterocycles. The van der Waals surface area contributed by atoms with Crippen LogP contribution in [0.1, 0.15) is 10.5 Å². The number of carboxylic acids is 1. The minimum Gasteiger partial charge on any atom is -0.494 e. The van der Waals surface area contributed by atoms with Gasteiger partial charge in [0, 0.05) is 6.20 Å². The zero-order valence-corrected chi connectivity index (χ0v) is 5.96. The number of aromatic hydroxyl groups is 1. The predicted octanol–water partition coefficient (Wildman–Crippen LogP) is 0.900. The molecule has 5 heteroatoms. The number of H-pyrrole nitrogens is 2. The molecular weight excluding hydrogens is 160 g/mol. The average molecular weight is 166 g/mol. The molecule has 2 aromatic heterocycles. The van der Waals surface area contributed by atoms with Gasteiger partial charge in [-0.15, -0.1) is 0 Å². The topological polar surface area (TPSA) is 89.1 Å². The Bertz CT molecular complexity index is 440. The van der Waals surface area contributed by atoms with Crippen molar-refractivity contribution in [2.45, 2.75) is 0 Å². The molecule has 2 heterocycles. The van der Waals surface area contributed by atoms with E-state index in [-0.39, 0.29) is 11.6 Å². The van der Waals surface area contributed by atoms with Crippen LogP contribution in [-0.4, -0.2) is 26.2 Å². The number of aromatic nitrogens is 2. The molecule has 4 N–H and O–H groups in total. The van der Waals surface area contributed by atoms with Crippen molar-refractivity contribution in [2.24, 2.45) is 0 Å². The fourth-order valence-corrected chi connectivity index (χ4v) is 1.11. The van der Waals surface area contributed by atoms with E-state index in [1.54, 1.807) is 0 Å². The maximum Gasteiger partial charge on any atom is 0.352 e. The van der Waals surface area contributed by atoms with Crippen molar-refractivity contribution in [2.75, 3.05) is 0 Å². The van der Waals surface area contributed by atoms with Gasteiger partial charge in [0.25, 0.3) is 0 Å². The molecule has 62 valence electrons. The molecule has 0 aliphatic rings. The van der Waals surface area contributed by atoms with Gasteiger partial charge in [0.15, 0.2) is 5.88 Å². The van der Waals surface area contributed by atoms with Crippen molar-refractivity contribution in [3.8, 4) is 5.88 Å². The van der Waals surface area contributed by atoms with E-state index in [0.717, 1.165) is 0 Å². The van der Waals surface area contributed by atoms with Gasteiger partial charge < -0.3 is 20.2 Å². The average Bonchev–Trinajstić information content (AvgIpc) is 2.53. The number of aromatic amines is 2. The van der Waals surface area contributed by atoms with Crippen LogP contribution in [0.3, 0.4) is 0 Å². The normalized spacial score (nSPS) is 10.7. The lowest BCUT2D eigenvalue weighted by Crippen LogP contribution is -1.94. The SMILES string of the molecule is O=C(O)c1cc2c(O)[nH]cc2[nH]1. The van der Waals surface area contributed by atoms with Crippen LogP contribution in [0.25, 0.3) is 10.9 Å². The molecule has 0 amide bonds.